The van der Waals surface area contributed by atoms with Gasteiger partial charge in [-0.1, -0.05) is 0 Å². The summed E-state index contributed by atoms with van der Waals surface area (Å²) >= 11 is 1.42. The van der Waals surface area contributed by atoms with Crippen molar-refractivity contribution in [3.05, 3.63) is 30.3 Å². The number of ether oxygens (including phenoxy) is 1. The summed E-state index contributed by atoms with van der Waals surface area (Å²) in [5.74, 6) is 0.897. The maximum absolute atomic E-state index is 11.5. The predicted octanol–water partition coefficient (Wildman–Crippen LogP) is 2.67. The van der Waals surface area contributed by atoms with Gasteiger partial charge in [0.1, 0.15) is 10.8 Å². The Hall–Kier alpha value is -2.48. The zero-order chi connectivity index (χ0) is 16.1. The van der Waals surface area contributed by atoms with Crippen molar-refractivity contribution in [2.45, 2.75) is 5.03 Å². The lowest BCUT2D eigenvalue weighted by atomic mass is 10.3. The summed E-state index contributed by atoms with van der Waals surface area (Å²) in [6, 6.07) is 8.37. The summed E-state index contributed by atoms with van der Waals surface area (Å²) in [6.45, 7) is 0. The number of amides is 2. The number of carbonyl (C=O) groups excluding carboxylic acids is 1. The quantitative estimate of drug-likeness (QED) is 0.842. The van der Waals surface area contributed by atoms with E-state index in [1.807, 2.05) is 6.26 Å². The topological polar surface area (TPSA) is 93.4 Å². The van der Waals surface area contributed by atoms with Crippen LogP contribution in [0, 0.1) is 0 Å². The predicted molar refractivity (Wildman–Crippen MR) is 87.4 cm³/mol. The lowest BCUT2D eigenvalue weighted by Gasteiger charge is -2.12. The Morgan fingerprint density at radius 3 is 2.50 bits per heavy atom. The van der Waals surface area contributed by atoms with Crippen molar-refractivity contribution in [3.63, 3.8) is 0 Å². The Kier molecular flexibility index (Phi) is 5.05. The standard InChI is InChI=1S/C14H17N5O2S/c1-19(2)14(20)16-9-4-6-10(7-5-9)21-12-8-11(15)13(22-3)18-17-12/h4-8H,1-3H3,(H2,15,17)(H,16,20). The number of nitrogens with zero attached hydrogens (tertiary/aromatic N) is 3. The highest BCUT2D eigenvalue weighted by Crippen LogP contribution is 2.26. The summed E-state index contributed by atoms with van der Waals surface area (Å²) in [7, 11) is 3.35. The first-order chi connectivity index (χ1) is 10.5. The molecule has 1 aromatic carbocycles. The van der Waals surface area contributed by atoms with E-state index in [0.717, 1.165) is 0 Å². The minimum atomic E-state index is -0.194. The first-order valence-corrected chi connectivity index (χ1v) is 7.65. The molecule has 2 aromatic rings. The molecule has 22 heavy (non-hydrogen) atoms. The van der Waals surface area contributed by atoms with Gasteiger partial charge in [-0.15, -0.1) is 22.0 Å². The van der Waals surface area contributed by atoms with E-state index in [0.29, 0.717) is 28.0 Å². The molecule has 0 atom stereocenters. The third kappa shape index (κ3) is 4.01. The van der Waals surface area contributed by atoms with Crippen LogP contribution in [0.2, 0.25) is 0 Å². The van der Waals surface area contributed by atoms with Crippen molar-refractivity contribution in [1.29, 1.82) is 0 Å². The molecule has 1 aromatic heterocycles. The molecule has 0 aliphatic carbocycles. The van der Waals surface area contributed by atoms with Crippen molar-refractivity contribution < 1.29 is 9.53 Å². The number of nitrogen functional groups attached to an aromatic ring is 1. The van der Waals surface area contributed by atoms with Gasteiger partial charge in [0.2, 0.25) is 5.88 Å². The van der Waals surface area contributed by atoms with Crippen LogP contribution < -0.4 is 15.8 Å². The van der Waals surface area contributed by atoms with Gasteiger partial charge < -0.3 is 20.7 Å². The van der Waals surface area contributed by atoms with E-state index < -0.39 is 0 Å². The second-order valence-electron chi connectivity index (χ2n) is 4.60. The van der Waals surface area contributed by atoms with E-state index >= 15 is 0 Å². The molecular weight excluding hydrogens is 302 g/mol. The van der Waals surface area contributed by atoms with Gasteiger partial charge in [0, 0.05) is 25.8 Å². The smallest absolute Gasteiger partial charge is 0.321 e. The molecule has 0 saturated carbocycles. The van der Waals surface area contributed by atoms with Gasteiger partial charge in [-0.25, -0.2) is 4.79 Å². The summed E-state index contributed by atoms with van der Waals surface area (Å²) in [6.07, 6.45) is 1.88. The fourth-order valence-corrected chi connectivity index (χ4v) is 1.96. The molecule has 2 rings (SSSR count). The minimum Gasteiger partial charge on any atom is -0.437 e. The molecule has 0 saturated heterocycles. The van der Waals surface area contributed by atoms with Crippen LogP contribution in [0.15, 0.2) is 35.4 Å². The van der Waals surface area contributed by atoms with Crippen LogP contribution in [0.25, 0.3) is 0 Å². The number of anilines is 2. The third-order valence-electron chi connectivity index (χ3n) is 2.69. The number of urea groups is 1. The van der Waals surface area contributed by atoms with Crippen molar-refractivity contribution in [1.82, 2.24) is 15.1 Å². The number of nitrogens with two attached hydrogens (primary N) is 1. The number of nitrogens with one attached hydrogen (secondary N) is 1. The molecule has 0 unspecified atom stereocenters. The van der Waals surface area contributed by atoms with E-state index in [2.05, 4.69) is 15.5 Å². The summed E-state index contributed by atoms with van der Waals surface area (Å²) in [5, 5.41) is 11.3. The molecule has 2 amide bonds. The first kappa shape index (κ1) is 15.9. The van der Waals surface area contributed by atoms with Crippen LogP contribution >= 0.6 is 11.8 Å². The maximum Gasteiger partial charge on any atom is 0.321 e. The fourth-order valence-electron chi connectivity index (χ4n) is 1.55. The lowest BCUT2D eigenvalue weighted by molar-refractivity contribution is 0.230. The number of hydrogen-bond donors (Lipinski definition) is 2. The molecule has 0 aliphatic heterocycles. The average Bonchev–Trinajstić information content (AvgIpc) is 2.49. The minimum absolute atomic E-state index is 0.194. The van der Waals surface area contributed by atoms with Crippen molar-refractivity contribution in [2.24, 2.45) is 0 Å². The van der Waals surface area contributed by atoms with E-state index in [-0.39, 0.29) is 6.03 Å². The van der Waals surface area contributed by atoms with Crippen molar-refractivity contribution >= 4 is 29.2 Å². The SMILES string of the molecule is CSc1nnc(Oc2ccc(NC(=O)N(C)C)cc2)cc1N. The molecule has 0 fully saturated rings. The van der Waals surface area contributed by atoms with Crippen molar-refractivity contribution in [2.75, 3.05) is 31.4 Å². The van der Waals surface area contributed by atoms with E-state index in [1.54, 1.807) is 44.4 Å². The Morgan fingerprint density at radius 1 is 1.27 bits per heavy atom. The summed E-state index contributed by atoms with van der Waals surface area (Å²) < 4.78 is 5.58. The van der Waals surface area contributed by atoms with Crippen LogP contribution in [-0.2, 0) is 0 Å². The number of benzene rings is 1. The molecule has 8 heteroatoms. The summed E-state index contributed by atoms with van der Waals surface area (Å²) in [4.78, 5) is 13.0. The van der Waals surface area contributed by atoms with Gasteiger partial charge in [-0.3, -0.25) is 0 Å². The first-order valence-electron chi connectivity index (χ1n) is 6.43. The average molecular weight is 319 g/mol. The highest BCUT2D eigenvalue weighted by molar-refractivity contribution is 7.98. The molecule has 3 N–H and O–H groups in total. The van der Waals surface area contributed by atoms with Crippen molar-refractivity contribution in [3.8, 4) is 11.6 Å². The van der Waals surface area contributed by atoms with Crippen LogP contribution in [0.4, 0.5) is 16.2 Å². The molecular formula is C14H17N5O2S. The number of thioether (sulfide) groups is 1. The number of aromatic nitrogens is 2. The van der Waals surface area contributed by atoms with Crippen LogP contribution in [0.5, 0.6) is 11.6 Å². The van der Waals surface area contributed by atoms with Gasteiger partial charge in [-0.05, 0) is 30.5 Å². The number of rotatable bonds is 4. The second-order valence-corrected chi connectivity index (χ2v) is 5.39. The lowest BCUT2D eigenvalue weighted by Crippen LogP contribution is -2.27. The van der Waals surface area contributed by atoms with Gasteiger partial charge in [-0.2, -0.15) is 0 Å². The zero-order valence-electron chi connectivity index (χ0n) is 12.5. The molecule has 0 spiro atoms. The molecule has 7 nitrogen and oxygen atoms in total. The third-order valence-corrected chi connectivity index (χ3v) is 3.40. The Morgan fingerprint density at radius 2 is 1.95 bits per heavy atom. The number of carbonyl (C=O) groups is 1. The highest BCUT2D eigenvalue weighted by Gasteiger charge is 2.07. The molecule has 1 heterocycles. The fraction of sp³-hybridized carbons (Fsp3) is 0.214. The highest BCUT2D eigenvalue weighted by atomic mass is 32.2. The molecule has 116 valence electrons. The monoisotopic (exact) mass is 319 g/mol. The molecule has 0 radical (unpaired) electrons. The van der Waals surface area contributed by atoms with E-state index in [9.17, 15) is 4.79 Å². The maximum atomic E-state index is 11.5. The normalized spacial score (nSPS) is 10.1. The second kappa shape index (κ2) is 6.99. The van der Waals surface area contributed by atoms with Crippen LogP contribution in [0.3, 0.4) is 0 Å². The van der Waals surface area contributed by atoms with E-state index in [4.69, 9.17) is 10.5 Å². The number of hydrogen-bond acceptors (Lipinski definition) is 6. The van der Waals surface area contributed by atoms with Gasteiger partial charge in [0.25, 0.3) is 0 Å². The molecule has 0 aliphatic rings. The summed E-state index contributed by atoms with van der Waals surface area (Å²) in [5.41, 5.74) is 7.03. The van der Waals surface area contributed by atoms with Gasteiger partial charge in [0.05, 0.1) is 5.69 Å². The molecule has 0 bridgehead atoms. The Labute approximate surface area is 132 Å². The van der Waals surface area contributed by atoms with Crippen LogP contribution in [0.1, 0.15) is 0 Å². The van der Waals surface area contributed by atoms with E-state index in [1.165, 1.54) is 16.7 Å². The zero-order valence-corrected chi connectivity index (χ0v) is 13.3. The van der Waals surface area contributed by atoms with Gasteiger partial charge >= 0.3 is 6.03 Å². The van der Waals surface area contributed by atoms with Gasteiger partial charge in [0.15, 0.2) is 0 Å². The Balaban J connectivity index is 2.05. The Bertz CT molecular complexity index is 661. The largest absolute Gasteiger partial charge is 0.437 e. The van der Waals surface area contributed by atoms with Crippen LogP contribution in [-0.4, -0.2) is 41.5 Å².